The van der Waals surface area contributed by atoms with Crippen molar-refractivity contribution in [2.75, 3.05) is 137 Å². The van der Waals surface area contributed by atoms with Crippen LogP contribution < -0.4 is 21.3 Å². The lowest BCUT2D eigenvalue weighted by Crippen LogP contribution is -2.52. The van der Waals surface area contributed by atoms with Crippen molar-refractivity contribution in [3.05, 3.63) is 167 Å². The van der Waals surface area contributed by atoms with Gasteiger partial charge in [0.1, 0.15) is 46.8 Å². The van der Waals surface area contributed by atoms with Crippen LogP contribution in [0.5, 0.6) is 0 Å². The zero-order valence-electron chi connectivity index (χ0n) is 81.2. The molecule has 0 radical (unpaired) electrons. The van der Waals surface area contributed by atoms with Gasteiger partial charge in [-0.3, -0.25) is 19.7 Å². The highest BCUT2D eigenvalue weighted by atomic mass is 32.2. The summed E-state index contributed by atoms with van der Waals surface area (Å²) in [6.07, 6.45) is 30.4. The van der Waals surface area contributed by atoms with Crippen molar-refractivity contribution in [2.24, 2.45) is 23.2 Å². The van der Waals surface area contributed by atoms with Crippen LogP contribution in [0.25, 0.3) is 0 Å². The number of hydrogen-bond acceptors (Lipinski definition) is 23. The molecule has 25 heteroatoms. The number of ether oxygens (including phenoxy) is 2. The first-order valence-electron chi connectivity index (χ1n) is 45.5. The van der Waals surface area contributed by atoms with Crippen LogP contribution in [0.15, 0.2) is 105 Å². The quantitative estimate of drug-likeness (QED) is 0.0410. The molecule has 1 amide bonds. The number of nitrogens with one attached hydrogen (secondary N) is 4. The number of carbonyl (C=O) groups is 1. The fourth-order valence-corrected chi connectivity index (χ4v) is 16.4. The predicted octanol–water partition coefficient (Wildman–Crippen LogP) is 19.0. The first-order valence-corrected chi connectivity index (χ1v) is 50.1. The van der Waals surface area contributed by atoms with E-state index in [9.17, 15) is 13.2 Å². The van der Waals surface area contributed by atoms with Gasteiger partial charge in [-0.1, -0.05) is 152 Å². The van der Waals surface area contributed by atoms with Gasteiger partial charge < -0.3 is 40.5 Å². The molecule has 5 fully saturated rings. The maximum absolute atomic E-state index is 11.3. The van der Waals surface area contributed by atoms with Crippen LogP contribution in [0.2, 0.25) is 0 Å². The Hall–Kier alpha value is -6.87. The number of amides is 1. The Morgan fingerprint density at radius 2 is 0.952 bits per heavy atom. The van der Waals surface area contributed by atoms with Gasteiger partial charge in [0, 0.05) is 190 Å². The maximum atomic E-state index is 11.3. The van der Waals surface area contributed by atoms with E-state index in [4.69, 9.17) is 9.47 Å². The molecule has 1 saturated carbocycles. The number of aromatic nitrogens is 11. The third-order valence-corrected chi connectivity index (χ3v) is 25.3. The average Bonchev–Trinajstić information content (AvgIpc) is 0.757. The van der Waals surface area contributed by atoms with Gasteiger partial charge in [0.15, 0.2) is 0 Å². The fourth-order valence-electron chi connectivity index (χ4n) is 14.9. The van der Waals surface area contributed by atoms with Gasteiger partial charge in [0.2, 0.25) is 5.91 Å². The minimum atomic E-state index is -2.88. The van der Waals surface area contributed by atoms with E-state index in [1.807, 2.05) is 71.3 Å². The van der Waals surface area contributed by atoms with E-state index in [1.165, 1.54) is 118 Å². The molecular formula is C99H161N17O5S3. The monoisotopic (exact) mass is 1760 g/mol. The minimum absolute atomic E-state index is 0.00543. The normalized spacial score (nSPS) is 16.2. The van der Waals surface area contributed by atoms with E-state index >= 15 is 0 Å². The molecule has 4 aliphatic heterocycles. The molecule has 0 aromatic carbocycles. The lowest BCUT2D eigenvalue weighted by atomic mass is 9.59. The molecule has 4 N–H and O–H groups in total. The molecule has 7 aromatic heterocycles. The largest absolute Gasteiger partial charge is 0.383 e. The van der Waals surface area contributed by atoms with Crippen molar-refractivity contribution in [1.82, 2.24) is 69.9 Å². The van der Waals surface area contributed by atoms with Gasteiger partial charge >= 0.3 is 0 Å². The van der Waals surface area contributed by atoms with Gasteiger partial charge in [-0.15, -0.1) is 0 Å². The molecule has 7 aromatic rings. The van der Waals surface area contributed by atoms with E-state index in [1.54, 1.807) is 39.3 Å². The maximum Gasteiger partial charge on any atom is 0.219 e. The summed E-state index contributed by atoms with van der Waals surface area (Å²) in [7, 11) is -1.10. The van der Waals surface area contributed by atoms with Crippen LogP contribution in [-0.2, 0) is 87.7 Å². The van der Waals surface area contributed by atoms with E-state index in [2.05, 4.69) is 276 Å². The number of anilines is 3. The fraction of sp³-hybridized carbons (Fsp3) is 0.677. The van der Waals surface area contributed by atoms with E-state index < -0.39 is 9.84 Å². The van der Waals surface area contributed by atoms with Crippen molar-refractivity contribution in [3.8, 4) is 0 Å². The predicted molar refractivity (Wildman–Crippen MR) is 521 cm³/mol. The second-order valence-corrected chi connectivity index (χ2v) is 46.3. The number of sulfone groups is 1. The number of thioether (sulfide) groups is 2. The minimum Gasteiger partial charge on any atom is -0.383 e. The molecule has 5 aliphatic rings. The third-order valence-electron chi connectivity index (χ3n) is 22.8. The number of pyridine rings is 3. The number of rotatable bonds is 24. The summed E-state index contributed by atoms with van der Waals surface area (Å²) in [4.78, 5) is 63.4. The molecule has 0 bridgehead atoms. The van der Waals surface area contributed by atoms with Crippen LogP contribution in [0, 0.1) is 23.2 Å². The van der Waals surface area contributed by atoms with E-state index in [0.29, 0.717) is 24.3 Å². The Kier molecular flexibility index (Phi) is 42.9. The second-order valence-electron chi connectivity index (χ2n) is 41.7. The molecule has 1 spiro atoms. The molecule has 124 heavy (non-hydrogen) atoms. The Morgan fingerprint density at radius 1 is 0.524 bits per heavy atom. The highest BCUT2D eigenvalue weighted by Gasteiger charge is 2.49. The Labute approximate surface area is 758 Å². The smallest absolute Gasteiger partial charge is 0.219 e. The number of aryl methyl sites for hydroxylation is 1. The Bertz CT molecular complexity index is 4360. The molecule has 4 saturated heterocycles. The second kappa shape index (κ2) is 50.2. The zero-order chi connectivity index (χ0) is 91.6. The van der Waals surface area contributed by atoms with Crippen LogP contribution in [0.3, 0.4) is 0 Å². The number of piperidine rings is 3. The van der Waals surface area contributed by atoms with Gasteiger partial charge in [0.05, 0.1) is 37.0 Å². The van der Waals surface area contributed by atoms with E-state index in [0.717, 1.165) is 153 Å². The number of carbonyl (C=O) groups excluding carboxylic acids is 1. The Balaban J connectivity index is 0.000000224. The highest BCUT2D eigenvalue weighted by molar-refractivity contribution is 7.99. The third kappa shape index (κ3) is 40.2. The molecule has 690 valence electrons. The first-order chi connectivity index (χ1) is 58.1. The topological polar surface area (TPSA) is 266 Å². The lowest BCUT2D eigenvalue weighted by molar-refractivity contribution is -0.178. The SMILES string of the molecule is CC(=O)N1CCC(Nc2ccnc(C(C)(C)C)c2)CC1.CC(C)(C)c1cc(CC2CC3(COC3)C2)ncn1.CC(C)(C)c1cc(CC2CCNCC2)ccn1.CC(C)(C)c1cc(CCCS(C)(=O)=O)ncn1.CCSCCNc1cc(C(C)(C)C)ncn1.COCCN1CCC(Cc2ccnc(C(C)(C)C)c2)CC1.CSCCNc1cc(C(C)(C)C)ncn1. The first kappa shape index (κ1) is 106. The zero-order valence-corrected chi connectivity index (χ0v) is 83.7. The number of likely N-dealkylation sites (tertiary alicyclic amines) is 2. The van der Waals surface area contributed by atoms with Crippen molar-refractivity contribution in [2.45, 2.75) is 287 Å². The van der Waals surface area contributed by atoms with Crippen molar-refractivity contribution < 1.29 is 22.7 Å². The summed E-state index contributed by atoms with van der Waals surface area (Å²) in [5.74, 6) is 8.09. The molecular weight excluding hydrogens is 1600 g/mol. The molecule has 12 rings (SSSR count). The van der Waals surface area contributed by atoms with Gasteiger partial charge in [-0.25, -0.2) is 48.3 Å². The molecule has 22 nitrogen and oxygen atoms in total. The number of methoxy groups -OCH3 is 1. The van der Waals surface area contributed by atoms with Crippen molar-refractivity contribution >= 4 is 56.6 Å². The molecule has 1 aliphatic carbocycles. The lowest BCUT2D eigenvalue weighted by Gasteiger charge is -2.53. The summed E-state index contributed by atoms with van der Waals surface area (Å²) < 4.78 is 32.5. The van der Waals surface area contributed by atoms with Crippen LogP contribution >= 0.6 is 23.5 Å². The van der Waals surface area contributed by atoms with Gasteiger partial charge in [-0.2, -0.15) is 23.5 Å². The number of hydrogen-bond donors (Lipinski definition) is 4. The van der Waals surface area contributed by atoms with Crippen LogP contribution in [0.4, 0.5) is 17.3 Å². The standard InChI is InChI=1S/C18H30N2O.C16H25N3O.C15H22N2O.C15H24N2.C12H21N3S.C12H20N2O2S.C11H19N3S/c1-18(2,3)17-14-16(5-8-19-17)13-15-6-9-20(10-7-15)11-12-21-4;1-12(20)19-9-6-13(7-10-19)18-14-5-8-17-15(11-14)16(2,3)4;1-14(2,3)13-5-12(16-10-17-13)4-11-6-15(7-11)8-18-9-15;1-15(2,3)14-11-13(6-9-17-14)10-12-4-7-16-8-5-12;1-5-16-7-6-13-11-8-10(12(2,3)4)14-9-15-11;1-12(2,3)11-8-10(13-9-14-11)6-5-7-17(4,15)16;1-11(2,3)9-7-10(14-8-13-9)12-5-6-15-4/h5,8,14-15H,6-7,9-13H2,1-4H3;5,8,11,13H,6-7,9-10H2,1-4H3,(H,17,18);5,10-11H,4,6-9H2,1-3H3;6,9,11-12,16H,4-5,7-8,10H2,1-3H3;8-9H,5-7H2,1-4H3,(H,13,14,15);8-9H,5-7H2,1-4H3;7-8H,5-6H2,1-4H3,(H,12,13,14). The molecule has 0 unspecified atom stereocenters. The van der Waals surface area contributed by atoms with Crippen LogP contribution in [-0.4, -0.2) is 206 Å². The summed E-state index contributed by atoms with van der Waals surface area (Å²) in [5, 5.41) is 13.6. The average molecular weight is 1770 g/mol. The highest BCUT2D eigenvalue weighted by Crippen LogP contribution is 2.51. The van der Waals surface area contributed by atoms with E-state index in [-0.39, 0.29) is 49.6 Å². The number of nitrogens with zero attached hydrogens (tertiary/aromatic N) is 13. The van der Waals surface area contributed by atoms with Crippen molar-refractivity contribution in [1.29, 1.82) is 0 Å². The van der Waals surface area contributed by atoms with Crippen LogP contribution in [0.1, 0.15) is 279 Å². The molecule has 0 atom stereocenters. The summed E-state index contributed by atoms with van der Waals surface area (Å²) in [6.45, 7) is 61.8. The summed E-state index contributed by atoms with van der Waals surface area (Å²) >= 11 is 3.76. The van der Waals surface area contributed by atoms with Gasteiger partial charge in [0.25, 0.3) is 0 Å². The molecule has 11 heterocycles. The van der Waals surface area contributed by atoms with Gasteiger partial charge in [-0.05, 0) is 199 Å². The summed E-state index contributed by atoms with van der Waals surface area (Å²) in [6, 6.07) is 21.8. The van der Waals surface area contributed by atoms with Crippen molar-refractivity contribution in [3.63, 3.8) is 0 Å². The summed E-state index contributed by atoms with van der Waals surface area (Å²) in [5.41, 5.74) is 15.1. The Morgan fingerprint density at radius 3 is 1.39 bits per heavy atom.